The zero-order chi connectivity index (χ0) is 20.0. The fraction of sp³-hybridized carbons (Fsp3) is 0.368. The van der Waals surface area contributed by atoms with Crippen LogP contribution in [0, 0.1) is 6.92 Å². The summed E-state index contributed by atoms with van der Waals surface area (Å²) in [5.74, 6) is 1.66. The molecule has 0 fully saturated rings. The van der Waals surface area contributed by atoms with Gasteiger partial charge < -0.3 is 19.4 Å². The van der Waals surface area contributed by atoms with Crippen LogP contribution in [0.1, 0.15) is 11.5 Å². The molecule has 0 atom stereocenters. The number of hydrogen-bond donors (Lipinski definition) is 1. The normalized spacial score (nSPS) is 10.7. The van der Waals surface area contributed by atoms with Gasteiger partial charge in [0.05, 0.1) is 32.4 Å². The standard InChI is InChI=1S/C19H24ClN3O4/c1-13-5-7-15(27-13)10-23(3)19(25)12-22(2)11-18(24)21-16-9-14(20)6-8-17(16)26-4/h5-9H,10-12H2,1-4H3,(H,21,24). The highest BCUT2D eigenvalue weighted by Gasteiger charge is 2.16. The average Bonchev–Trinajstić information content (AvgIpc) is 2.99. The van der Waals surface area contributed by atoms with Crippen molar-refractivity contribution in [1.29, 1.82) is 0 Å². The minimum absolute atomic E-state index is 0.0507. The number of rotatable bonds is 8. The van der Waals surface area contributed by atoms with E-state index in [4.69, 9.17) is 20.8 Å². The molecule has 146 valence electrons. The maximum absolute atomic E-state index is 12.3. The second-order valence-corrected chi connectivity index (χ2v) is 6.76. The molecule has 0 spiro atoms. The molecule has 0 radical (unpaired) electrons. The zero-order valence-electron chi connectivity index (χ0n) is 15.9. The lowest BCUT2D eigenvalue weighted by atomic mass is 10.3. The Hall–Kier alpha value is -2.51. The molecule has 1 aromatic carbocycles. The SMILES string of the molecule is COc1ccc(Cl)cc1NC(=O)CN(C)CC(=O)N(C)Cc1ccc(C)o1. The summed E-state index contributed by atoms with van der Waals surface area (Å²) in [6.07, 6.45) is 0. The van der Waals surface area contributed by atoms with Gasteiger partial charge in [-0.25, -0.2) is 0 Å². The first kappa shape index (κ1) is 20.8. The molecular weight excluding hydrogens is 370 g/mol. The average molecular weight is 394 g/mol. The quantitative estimate of drug-likeness (QED) is 0.746. The van der Waals surface area contributed by atoms with Gasteiger partial charge in [-0.2, -0.15) is 0 Å². The van der Waals surface area contributed by atoms with Crippen molar-refractivity contribution in [2.24, 2.45) is 0 Å². The minimum Gasteiger partial charge on any atom is -0.495 e. The number of carbonyl (C=O) groups excluding carboxylic acids is 2. The highest BCUT2D eigenvalue weighted by Crippen LogP contribution is 2.27. The predicted molar refractivity (Wildman–Crippen MR) is 104 cm³/mol. The third-order valence-corrected chi connectivity index (χ3v) is 4.10. The van der Waals surface area contributed by atoms with Crippen LogP contribution in [0.15, 0.2) is 34.7 Å². The molecule has 1 aromatic heterocycles. The maximum Gasteiger partial charge on any atom is 0.238 e. The molecule has 27 heavy (non-hydrogen) atoms. The number of ether oxygens (including phenoxy) is 1. The number of amides is 2. The Bertz CT molecular complexity index is 806. The van der Waals surface area contributed by atoms with Crippen molar-refractivity contribution in [3.8, 4) is 5.75 Å². The Kier molecular flexibility index (Phi) is 7.27. The van der Waals surface area contributed by atoms with E-state index < -0.39 is 0 Å². The number of benzene rings is 1. The van der Waals surface area contributed by atoms with Crippen molar-refractivity contribution >= 4 is 29.1 Å². The van der Waals surface area contributed by atoms with Gasteiger partial charge in [-0.1, -0.05) is 11.6 Å². The molecule has 1 N–H and O–H groups in total. The van der Waals surface area contributed by atoms with E-state index in [0.717, 1.165) is 11.5 Å². The van der Waals surface area contributed by atoms with Crippen LogP contribution in [-0.2, 0) is 16.1 Å². The molecule has 0 aliphatic heterocycles. The largest absolute Gasteiger partial charge is 0.495 e. The van der Waals surface area contributed by atoms with Crippen molar-refractivity contribution in [2.45, 2.75) is 13.5 Å². The molecule has 0 unspecified atom stereocenters. The number of furan rings is 1. The van der Waals surface area contributed by atoms with E-state index in [1.54, 1.807) is 42.1 Å². The van der Waals surface area contributed by atoms with E-state index >= 15 is 0 Å². The summed E-state index contributed by atoms with van der Waals surface area (Å²) >= 11 is 5.96. The number of anilines is 1. The summed E-state index contributed by atoms with van der Waals surface area (Å²) < 4.78 is 10.7. The second kappa shape index (κ2) is 9.43. The summed E-state index contributed by atoms with van der Waals surface area (Å²) in [6, 6.07) is 8.67. The number of nitrogens with one attached hydrogen (secondary N) is 1. The number of carbonyl (C=O) groups is 2. The first-order valence-corrected chi connectivity index (χ1v) is 8.77. The van der Waals surface area contributed by atoms with Crippen molar-refractivity contribution in [2.75, 3.05) is 39.6 Å². The summed E-state index contributed by atoms with van der Waals surface area (Å²) in [4.78, 5) is 27.8. The molecule has 2 aromatic rings. The summed E-state index contributed by atoms with van der Waals surface area (Å²) in [6.45, 7) is 2.39. The Labute approximate surface area is 163 Å². The van der Waals surface area contributed by atoms with E-state index in [1.165, 1.54) is 7.11 Å². The summed E-state index contributed by atoms with van der Waals surface area (Å²) in [7, 11) is 4.92. The topological polar surface area (TPSA) is 75.0 Å². The lowest BCUT2D eigenvalue weighted by Crippen LogP contribution is -2.39. The smallest absolute Gasteiger partial charge is 0.238 e. The van der Waals surface area contributed by atoms with Gasteiger partial charge in [-0.15, -0.1) is 0 Å². The van der Waals surface area contributed by atoms with E-state index in [-0.39, 0.29) is 24.9 Å². The van der Waals surface area contributed by atoms with E-state index in [9.17, 15) is 9.59 Å². The van der Waals surface area contributed by atoms with Crippen molar-refractivity contribution < 1.29 is 18.7 Å². The van der Waals surface area contributed by atoms with Gasteiger partial charge in [-0.3, -0.25) is 14.5 Å². The number of hydrogen-bond acceptors (Lipinski definition) is 5. The van der Waals surface area contributed by atoms with Crippen LogP contribution in [-0.4, -0.2) is 55.9 Å². The molecule has 2 amide bonds. The van der Waals surface area contributed by atoms with E-state index in [0.29, 0.717) is 23.0 Å². The Morgan fingerprint density at radius 3 is 2.56 bits per heavy atom. The predicted octanol–water partition coefficient (Wildman–Crippen LogP) is 2.78. The number of methoxy groups -OCH3 is 1. The molecule has 0 aliphatic rings. The number of nitrogens with zero attached hydrogens (tertiary/aromatic N) is 2. The Balaban J connectivity index is 1.85. The highest BCUT2D eigenvalue weighted by atomic mass is 35.5. The summed E-state index contributed by atoms with van der Waals surface area (Å²) in [5.41, 5.74) is 0.486. The van der Waals surface area contributed by atoms with Gasteiger partial charge in [0.15, 0.2) is 0 Å². The Morgan fingerprint density at radius 1 is 1.19 bits per heavy atom. The second-order valence-electron chi connectivity index (χ2n) is 6.33. The number of aryl methyl sites for hydroxylation is 1. The lowest BCUT2D eigenvalue weighted by molar-refractivity contribution is -0.131. The van der Waals surface area contributed by atoms with E-state index in [2.05, 4.69) is 5.32 Å². The van der Waals surface area contributed by atoms with Gasteiger partial charge in [0.2, 0.25) is 11.8 Å². The highest BCUT2D eigenvalue weighted by molar-refractivity contribution is 6.31. The third kappa shape index (κ3) is 6.30. The monoisotopic (exact) mass is 393 g/mol. The van der Waals surface area contributed by atoms with Gasteiger partial charge >= 0.3 is 0 Å². The van der Waals surface area contributed by atoms with Crippen LogP contribution in [0.3, 0.4) is 0 Å². The molecule has 7 nitrogen and oxygen atoms in total. The first-order chi connectivity index (χ1) is 12.8. The van der Waals surface area contributed by atoms with Crippen LogP contribution in [0.4, 0.5) is 5.69 Å². The van der Waals surface area contributed by atoms with Gasteiger partial charge in [0, 0.05) is 12.1 Å². The van der Waals surface area contributed by atoms with Crippen LogP contribution < -0.4 is 10.1 Å². The van der Waals surface area contributed by atoms with E-state index in [1.807, 2.05) is 19.1 Å². The zero-order valence-corrected chi connectivity index (χ0v) is 16.7. The third-order valence-electron chi connectivity index (χ3n) is 3.87. The van der Waals surface area contributed by atoms with Gasteiger partial charge in [0.25, 0.3) is 0 Å². The summed E-state index contributed by atoms with van der Waals surface area (Å²) in [5, 5.41) is 3.24. The molecule has 0 saturated heterocycles. The molecule has 8 heteroatoms. The van der Waals surface area contributed by atoms with Crippen LogP contribution in [0.2, 0.25) is 5.02 Å². The molecule has 0 bridgehead atoms. The Morgan fingerprint density at radius 2 is 1.93 bits per heavy atom. The lowest BCUT2D eigenvalue weighted by Gasteiger charge is -2.21. The van der Waals surface area contributed by atoms with Gasteiger partial charge in [0.1, 0.15) is 17.3 Å². The maximum atomic E-state index is 12.3. The van der Waals surface area contributed by atoms with Crippen LogP contribution in [0.5, 0.6) is 5.75 Å². The number of halogens is 1. The fourth-order valence-corrected chi connectivity index (χ4v) is 2.68. The molecule has 1 heterocycles. The van der Waals surface area contributed by atoms with Crippen LogP contribution in [0.25, 0.3) is 0 Å². The fourth-order valence-electron chi connectivity index (χ4n) is 2.51. The van der Waals surface area contributed by atoms with Crippen molar-refractivity contribution in [3.05, 3.63) is 46.9 Å². The van der Waals surface area contributed by atoms with Crippen molar-refractivity contribution in [3.63, 3.8) is 0 Å². The number of likely N-dealkylation sites (N-methyl/N-ethyl adjacent to an activating group) is 2. The first-order valence-electron chi connectivity index (χ1n) is 8.39. The van der Waals surface area contributed by atoms with Crippen molar-refractivity contribution in [1.82, 2.24) is 9.80 Å². The molecular formula is C19H24ClN3O4. The molecule has 2 rings (SSSR count). The molecule has 0 saturated carbocycles. The molecule has 0 aliphatic carbocycles. The van der Waals surface area contributed by atoms with Gasteiger partial charge in [-0.05, 0) is 44.3 Å². The van der Waals surface area contributed by atoms with Crippen LogP contribution >= 0.6 is 11.6 Å². The minimum atomic E-state index is -0.268.